The monoisotopic (exact) mass is 286 g/mol. The standard InChI is InChI=1S/C11H14N2O5S/c1-13-9-4-3-8(7-10(9)18-11(13)15)19(16,17)12-5-2-6-14/h3-4,7,12,14H,2,5-6H2,1H3. The number of nitrogens with one attached hydrogen (secondary N) is 1. The molecule has 2 N–H and O–H groups in total. The highest BCUT2D eigenvalue weighted by Gasteiger charge is 2.16. The van der Waals surface area contributed by atoms with Gasteiger partial charge in [-0.2, -0.15) is 0 Å². The zero-order chi connectivity index (χ0) is 14.0. The first kappa shape index (κ1) is 13.8. The first-order valence-electron chi connectivity index (χ1n) is 5.66. The minimum atomic E-state index is -3.66. The highest BCUT2D eigenvalue weighted by Crippen LogP contribution is 2.17. The molecule has 1 aromatic carbocycles. The maximum atomic E-state index is 11.9. The minimum absolute atomic E-state index is 0.0206. The molecule has 7 nitrogen and oxygen atoms in total. The predicted molar refractivity (Wildman–Crippen MR) is 68.3 cm³/mol. The van der Waals surface area contributed by atoms with Gasteiger partial charge in [-0.25, -0.2) is 17.9 Å². The average Bonchev–Trinajstić information content (AvgIpc) is 2.65. The van der Waals surface area contributed by atoms with Crippen molar-refractivity contribution in [2.45, 2.75) is 11.3 Å². The molecule has 1 aromatic heterocycles. The SMILES string of the molecule is Cn1c(=O)oc2cc(S(=O)(=O)NCCCO)ccc21. The van der Waals surface area contributed by atoms with Crippen molar-refractivity contribution >= 4 is 21.1 Å². The van der Waals surface area contributed by atoms with E-state index < -0.39 is 15.8 Å². The van der Waals surface area contributed by atoms with E-state index in [0.717, 1.165) is 0 Å². The smallest absolute Gasteiger partial charge is 0.408 e. The molecule has 0 aliphatic rings. The van der Waals surface area contributed by atoms with Crippen molar-refractivity contribution in [3.8, 4) is 0 Å². The van der Waals surface area contributed by atoms with Crippen molar-refractivity contribution in [1.82, 2.24) is 9.29 Å². The Kier molecular flexibility index (Phi) is 3.74. The van der Waals surface area contributed by atoms with Gasteiger partial charge in [0.15, 0.2) is 5.58 Å². The third kappa shape index (κ3) is 2.70. The number of rotatable bonds is 5. The Morgan fingerprint density at radius 2 is 2.16 bits per heavy atom. The zero-order valence-corrected chi connectivity index (χ0v) is 11.1. The first-order chi connectivity index (χ1) is 8.95. The third-order valence-electron chi connectivity index (χ3n) is 2.70. The largest absolute Gasteiger partial charge is 0.419 e. The Labute approximate surface area is 109 Å². The van der Waals surface area contributed by atoms with Crippen LogP contribution in [0.4, 0.5) is 0 Å². The summed E-state index contributed by atoms with van der Waals surface area (Å²) in [6, 6.07) is 4.22. The summed E-state index contributed by atoms with van der Waals surface area (Å²) in [5.41, 5.74) is 0.747. The second-order valence-corrected chi connectivity index (χ2v) is 5.80. The molecule has 0 unspecified atom stereocenters. The van der Waals surface area contributed by atoms with Gasteiger partial charge in [-0.3, -0.25) is 4.57 Å². The Balaban J connectivity index is 2.38. The first-order valence-corrected chi connectivity index (χ1v) is 7.14. The molecule has 0 bridgehead atoms. The molecule has 1 heterocycles. The van der Waals surface area contributed by atoms with Gasteiger partial charge in [0.25, 0.3) is 0 Å². The lowest BCUT2D eigenvalue weighted by Gasteiger charge is -2.05. The summed E-state index contributed by atoms with van der Waals surface area (Å²) in [5, 5.41) is 8.62. The number of aliphatic hydroxyl groups excluding tert-OH is 1. The lowest BCUT2D eigenvalue weighted by atomic mass is 10.3. The molecule has 2 aromatic rings. The summed E-state index contributed by atoms with van der Waals surface area (Å²) in [7, 11) is -2.12. The number of benzene rings is 1. The van der Waals surface area contributed by atoms with Gasteiger partial charge in [-0.1, -0.05) is 0 Å². The van der Waals surface area contributed by atoms with Crippen molar-refractivity contribution in [2.24, 2.45) is 7.05 Å². The van der Waals surface area contributed by atoms with Gasteiger partial charge in [0.05, 0.1) is 10.4 Å². The van der Waals surface area contributed by atoms with Crippen LogP contribution in [0.2, 0.25) is 0 Å². The van der Waals surface area contributed by atoms with Crippen LogP contribution in [0.5, 0.6) is 0 Å². The molecular weight excluding hydrogens is 272 g/mol. The Bertz CT molecular complexity index is 744. The van der Waals surface area contributed by atoms with Gasteiger partial charge in [0.1, 0.15) is 0 Å². The van der Waals surface area contributed by atoms with E-state index in [2.05, 4.69) is 4.72 Å². The highest BCUT2D eigenvalue weighted by molar-refractivity contribution is 7.89. The van der Waals surface area contributed by atoms with Crippen LogP contribution in [-0.2, 0) is 17.1 Å². The molecule has 0 radical (unpaired) electrons. The number of nitrogens with zero attached hydrogens (tertiary/aromatic N) is 1. The molecule has 0 fully saturated rings. The molecule has 8 heteroatoms. The van der Waals surface area contributed by atoms with E-state index in [1.165, 1.54) is 22.8 Å². The van der Waals surface area contributed by atoms with Crippen LogP contribution in [0.3, 0.4) is 0 Å². The van der Waals surface area contributed by atoms with Gasteiger partial charge in [-0.15, -0.1) is 0 Å². The summed E-state index contributed by atoms with van der Waals surface area (Å²) >= 11 is 0. The van der Waals surface area contributed by atoms with Crippen LogP contribution in [0.25, 0.3) is 11.1 Å². The molecule has 0 amide bonds. The van der Waals surface area contributed by atoms with E-state index in [4.69, 9.17) is 9.52 Å². The van der Waals surface area contributed by atoms with Crippen molar-refractivity contribution in [3.63, 3.8) is 0 Å². The van der Waals surface area contributed by atoms with E-state index >= 15 is 0 Å². The fourth-order valence-electron chi connectivity index (χ4n) is 1.65. The summed E-state index contributed by atoms with van der Waals surface area (Å²) in [6.45, 7) is 0.0602. The highest BCUT2D eigenvalue weighted by atomic mass is 32.2. The maximum absolute atomic E-state index is 11.9. The van der Waals surface area contributed by atoms with Gasteiger partial charge in [0.2, 0.25) is 10.0 Å². The van der Waals surface area contributed by atoms with E-state index in [1.807, 2.05) is 0 Å². The Hall–Kier alpha value is -1.64. The third-order valence-corrected chi connectivity index (χ3v) is 4.16. The summed E-state index contributed by atoms with van der Waals surface area (Å²) in [6.07, 6.45) is 0.335. The molecule has 104 valence electrons. The van der Waals surface area contributed by atoms with Crippen LogP contribution < -0.4 is 10.5 Å². The number of aliphatic hydroxyl groups is 1. The van der Waals surface area contributed by atoms with E-state index in [9.17, 15) is 13.2 Å². The normalized spacial score (nSPS) is 12.1. The van der Waals surface area contributed by atoms with Crippen molar-refractivity contribution in [1.29, 1.82) is 0 Å². The zero-order valence-electron chi connectivity index (χ0n) is 10.3. The fourth-order valence-corrected chi connectivity index (χ4v) is 2.74. The molecule has 0 aliphatic heterocycles. The molecule has 0 spiro atoms. The van der Waals surface area contributed by atoms with Gasteiger partial charge in [0, 0.05) is 26.3 Å². The van der Waals surface area contributed by atoms with Gasteiger partial charge in [-0.05, 0) is 18.6 Å². The lowest BCUT2D eigenvalue weighted by Crippen LogP contribution is -2.25. The van der Waals surface area contributed by atoms with E-state index in [1.54, 1.807) is 7.05 Å². The summed E-state index contributed by atoms with van der Waals surface area (Å²) in [4.78, 5) is 11.3. The van der Waals surface area contributed by atoms with Crippen LogP contribution >= 0.6 is 0 Å². The van der Waals surface area contributed by atoms with E-state index in [0.29, 0.717) is 11.9 Å². The molecule has 0 saturated carbocycles. The summed E-state index contributed by atoms with van der Waals surface area (Å²) in [5.74, 6) is -0.544. The van der Waals surface area contributed by atoms with Crippen LogP contribution in [0.1, 0.15) is 6.42 Å². The number of fused-ring (bicyclic) bond motifs is 1. The Morgan fingerprint density at radius 1 is 1.42 bits per heavy atom. The number of hydrogen-bond acceptors (Lipinski definition) is 5. The number of hydrogen-bond donors (Lipinski definition) is 2. The topological polar surface area (TPSA) is 102 Å². The second-order valence-electron chi connectivity index (χ2n) is 4.03. The molecule has 0 aliphatic carbocycles. The molecule has 2 rings (SSSR count). The lowest BCUT2D eigenvalue weighted by molar-refractivity contribution is 0.289. The minimum Gasteiger partial charge on any atom is -0.408 e. The van der Waals surface area contributed by atoms with Crippen molar-refractivity contribution < 1.29 is 17.9 Å². The fraction of sp³-hybridized carbons (Fsp3) is 0.364. The quantitative estimate of drug-likeness (QED) is 0.741. The number of aryl methyl sites for hydroxylation is 1. The number of aromatic nitrogens is 1. The Morgan fingerprint density at radius 3 is 2.84 bits per heavy atom. The van der Waals surface area contributed by atoms with Crippen LogP contribution in [-0.4, -0.2) is 31.2 Å². The summed E-state index contributed by atoms with van der Waals surface area (Å²) < 4.78 is 32.4. The van der Waals surface area contributed by atoms with Crippen molar-refractivity contribution in [2.75, 3.05) is 13.2 Å². The van der Waals surface area contributed by atoms with Crippen molar-refractivity contribution in [3.05, 3.63) is 28.7 Å². The number of oxazole rings is 1. The number of sulfonamides is 1. The maximum Gasteiger partial charge on any atom is 0.419 e. The predicted octanol–water partition coefficient (Wildman–Crippen LogP) is -0.208. The molecular formula is C11H14N2O5S. The van der Waals surface area contributed by atoms with Crippen LogP contribution in [0.15, 0.2) is 32.3 Å². The van der Waals surface area contributed by atoms with Crippen LogP contribution in [0, 0.1) is 0 Å². The molecule has 0 saturated heterocycles. The van der Waals surface area contributed by atoms with Gasteiger partial charge >= 0.3 is 5.76 Å². The molecule has 0 atom stereocenters. The average molecular weight is 286 g/mol. The van der Waals surface area contributed by atoms with E-state index in [-0.39, 0.29) is 23.6 Å². The molecule has 19 heavy (non-hydrogen) atoms. The van der Waals surface area contributed by atoms with Gasteiger partial charge < -0.3 is 9.52 Å². The second kappa shape index (κ2) is 5.16.